The minimum atomic E-state index is -0.655. The van der Waals surface area contributed by atoms with E-state index >= 15 is 0 Å². The number of hydrogen-bond donors (Lipinski definition) is 0. The molecule has 2 aromatic heterocycles. The van der Waals surface area contributed by atoms with Crippen molar-refractivity contribution in [1.82, 2.24) is 19.8 Å². The van der Waals surface area contributed by atoms with Crippen molar-refractivity contribution in [3.05, 3.63) is 56.8 Å². The van der Waals surface area contributed by atoms with Crippen molar-refractivity contribution in [2.75, 3.05) is 0 Å². The molecular formula is C14H11ClN4O3S. The molecule has 9 heteroatoms. The summed E-state index contributed by atoms with van der Waals surface area (Å²) in [6.07, 6.45) is 0. The lowest BCUT2D eigenvalue weighted by molar-refractivity contribution is -0.135. The first-order valence-electron chi connectivity index (χ1n) is 6.58. The monoisotopic (exact) mass is 350 g/mol. The standard InChI is InChI=1S/C14H11ClN4O3S/c1-9-4-5-10(15)11(7-9)22-13(20)8-18-14(21)19(17-16-18)12-3-2-6-23-12/h2-7H,8H2,1H3. The molecule has 0 spiro atoms. The normalized spacial score (nSPS) is 10.7. The lowest BCUT2D eigenvalue weighted by atomic mass is 10.2. The molecule has 1 aromatic carbocycles. The van der Waals surface area contributed by atoms with Crippen LogP contribution in [0.3, 0.4) is 0 Å². The van der Waals surface area contributed by atoms with Crippen molar-refractivity contribution in [2.24, 2.45) is 0 Å². The highest BCUT2D eigenvalue weighted by Crippen LogP contribution is 2.25. The molecule has 23 heavy (non-hydrogen) atoms. The molecule has 0 aliphatic rings. The molecule has 3 aromatic rings. The number of carbonyl (C=O) groups is 1. The first-order chi connectivity index (χ1) is 11.0. The minimum Gasteiger partial charge on any atom is -0.424 e. The average molecular weight is 351 g/mol. The Labute approximate surface area is 139 Å². The second-order valence-corrected chi connectivity index (χ2v) is 6.02. The van der Waals surface area contributed by atoms with Crippen molar-refractivity contribution in [1.29, 1.82) is 0 Å². The second kappa shape index (κ2) is 6.35. The van der Waals surface area contributed by atoms with Crippen LogP contribution < -0.4 is 10.4 Å². The fourth-order valence-corrected chi connectivity index (χ4v) is 2.69. The molecule has 0 saturated heterocycles. The van der Waals surface area contributed by atoms with Gasteiger partial charge in [0.05, 0.1) is 5.02 Å². The SMILES string of the molecule is Cc1ccc(Cl)c(OC(=O)Cn2nnn(-c3cccs3)c2=O)c1. The Hall–Kier alpha value is -2.45. The van der Waals surface area contributed by atoms with Gasteiger partial charge in [0.2, 0.25) is 0 Å². The second-order valence-electron chi connectivity index (χ2n) is 4.69. The predicted molar refractivity (Wildman–Crippen MR) is 85.3 cm³/mol. The van der Waals surface area contributed by atoms with Crippen molar-refractivity contribution < 1.29 is 9.53 Å². The molecule has 0 amide bonds. The molecule has 7 nitrogen and oxygen atoms in total. The van der Waals surface area contributed by atoms with Gasteiger partial charge < -0.3 is 4.74 Å². The summed E-state index contributed by atoms with van der Waals surface area (Å²) in [6.45, 7) is 1.50. The molecule has 0 fully saturated rings. The van der Waals surface area contributed by atoms with Gasteiger partial charge in [-0.3, -0.25) is 0 Å². The Kier molecular flexibility index (Phi) is 4.26. The third-order valence-electron chi connectivity index (χ3n) is 2.94. The van der Waals surface area contributed by atoms with Crippen molar-refractivity contribution in [3.8, 4) is 10.8 Å². The van der Waals surface area contributed by atoms with E-state index in [9.17, 15) is 9.59 Å². The van der Waals surface area contributed by atoms with Gasteiger partial charge in [0.1, 0.15) is 17.3 Å². The molecule has 0 N–H and O–H groups in total. The van der Waals surface area contributed by atoms with E-state index in [4.69, 9.17) is 16.3 Å². The van der Waals surface area contributed by atoms with Crippen molar-refractivity contribution >= 4 is 28.9 Å². The fraction of sp³-hybridized carbons (Fsp3) is 0.143. The maximum atomic E-state index is 12.2. The van der Waals surface area contributed by atoms with Crippen molar-refractivity contribution in [2.45, 2.75) is 13.5 Å². The molecule has 0 aliphatic heterocycles. The lowest BCUT2D eigenvalue weighted by Gasteiger charge is -2.06. The number of aromatic nitrogens is 4. The number of carbonyl (C=O) groups excluding carboxylic acids is 1. The summed E-state index contributed by atoms with van der Waals surface area (Å²) in [5.74, 6) is -0.409. The molecule has 2 heterocycles. The van der Waals surface area contributed by atoms with Crippen LogP contribution in [0, 0.1) is 6.92 Å². The molecule has 0 aliphatic carbocycles. The van der Waals surface area contributed by atoms with Gasteiger partial charge in [0, 0.05) is 0 Å². The van der Waals surface area contributed by atoms with Crippen molar-refractivity contribution in [3.63, 3.8) is 0 Å². The maximum absolute atomic E-state index is 12.2. The number of nitrogens with zero attached hydrogens (tertiary/aromatic N) is 4. The van der Waals surface area contributed by atoms with Crippen LogP contribution in [0.1, 0.15) is 5.56 Å². The van der Waals surface area contributed by atoms with Crippen LogP contribution in [0.2, 0.25) is 5.02 Å². The van der Waals surface area contributed by atoms with E-state index in [1.807, 2.05) is 12.3 Å². The minimum absolute atomic E-state index is 0.246. The van der Waals surface area contributed by atoms with Crippen LogP contribution in [0.4, 0.5) is 0 Å². The number of ether oxygens (including phenoxy) is 1. The zero-order valence-corrected chi connectivity index (χ0v) is 13.5. The Morgan fingerprint density at radius 2 is 2.17 bits per heavy atom. The van der Waals surface area contributed by atoms with Gasteiger partial charge in [-0.05, 0) is 52.6 Å². The van der Waals surface area contributed by atoms with Crippen LogP contribution in [0.5, 0.6) is 5.75 Å². The number of esters is 1. The van der Waals surface area contributed by atoms with E-state index in [0.29, 0.717) is 10.0 Å². The first kappa shape index (κ1) is 15.4. The molecule has 0 atom stereocenters. The van der Waals surface area contributed by atoms with Gasteiger partial charge in [-0.2, -0.15) is 9.36 Å². The zero-order valence-electron chi connectivity index (χ0n) is 12.0. The zero-order chi connectivity index (χ0) is 16.4. The summed E-state index contributed by atoms with van der Waals surface area (Å²) in [4.78, 5) is 24.1. The highest BCUT2D eigenvalue weighted by Gasteiger charge is 2.15. The number of rotatable bonds is 4. The van der Waals surface area contributed by atoms with E-state index < -0.39 is 11.7 Å². The summed E-state index contributed by atoms with van der Waals surface area (Å²) in [7, 11) is 0. The number of hydrogen-bond acceptors (Lipinski definition) is 6. The molecule has 3 rings (SSSR count). The highest BCUT2D eigenvalue weighted by atomic mass is 35.5. The Balaban J connectivity index is 1.76. The number of benzene rings is 1. The van der Waals surface area contributed by atoms with E-state index in [1.54, 1.807) is 30.3 Å². The first-order valence-corrected chi connectivity index (χ1v) is 7.84. The van der Waals surface area contributed by atoms with Gasteiger partial charge in [0.25, 0.3) is 0 Å². The molecule has 0 saturated carbocycles. The number of halogens is 1. The fourth-order valence-electron chi connectivity index (χ4n) is 1.87. The molecular weight excluding hydrogens is 340 g/mol. The predicted octanol–water partition coefficient (Wildman–Crippen LogP) is 2.06. The van der Waals surface area contributed by atoms with Gasteiger partial charge in [-0.1, -0.05) is 17.7 Å². The van der Waals surface area contributed by atoms with Gasteiger partial charge in [-0.15, -0.1) is 11.3 Å². The quantitative estimate of drug-likeness (QED) is 0.531. The lowest BCUT2D eigenvalue weighted by Crippen LogP contribution is -2.28. The van der Waals surface area contributed by atoms with E-state index in [2.05, 4.69) is 10.4 Å². The van der Waals surface area contributed by atoms with E-state index in [1.165, 1.54) is 11.3 Å². The van der Waals surface area contributed by atoms with E-state index in [0.717, 1.165) is 14.9 Å². The van der Waals surface area contributed by atoms with Gasteiger partial charge in [0.15, 0.2) is 0 Å². The van der Waals surface area contributed by atoms with Crippen LogP contribution in [-0.2, 0) is 11.3 Å². The largest absolute Gasteiger partial charge is 0.424 e. The Morgan fingerprint density at radius 1 is 1.35 bits per heavy atom. The van der Waals surface area contributed by atoms with Gasteiger partial charge >= 0.3 is 11.7 Å². The molecule has 118 valence electrons. The smallest absolute Gasteiger partial charge is 0.369 e. The summed E-state index contributed by atoms with van der Waals surface area (Å²) >= 11 is 7.31. The van der Waals surface area contributed by atoms with Crippen LogP contribution in [0.25, 0.3) is 5.00 Å². The topological polar surface area (TPSA) is 79.0 Å². The molecule has 0 bridgehead atoms. The molecule has 0 radical (unpaired) electrons. The molecule has 0 unspecified atom stereocenters. The number of thiophene rings is 1. The summed E-state index contributed by atoms with van der Waals surface area (Å²) in [6, 6.07) is 8.61. The number of tetrazole rings is 1. The van der Waals surface area contributed by atoms with Crippen LogP contribution in [-0.4, -0.2) is 25.8 Å². The third kappa shape index (κ3) is 3.33. The summed E-state index contributed by atoms with van der Waals surface area (Å²) < 4.78 is 7.24. The van der Waals surface area contributed by atoms with Crippen LogP contribution in [0.15, 0.2) is 40.5 Å². The average Bonchev–Trinajstić information content (AvgIpc) is 3.14. The summed E-state index contributed by atoms with van der Waals surface area (Å²) in [5, 5.41) is 10.2. The summed E-state index contributed by atoms with van der Waals surface area (Å²) in [5.41, 5.74) is 0.387. The number of aryl methyl sites for hydroxylation is 1. The van der Waals surface area contributed by atoms with Crippen LogP contribution >= 0.6 is 22.9 Å². The Morgan fingerprint density at radius 3 is 2.91 bits per heavy atom. The highest BCUT2D eigenvalue weighted by molar-refractivity contribution is 7.12. The third-order valence-corrected chi connectivity index (χ3v) is 4.10. The Bertz CT molecular complexity index is 901. The maximum Gasteiger partial charge on any atom is 0.369 e. The van der Waals surface area contributed by atoms with E-state index in [-0.39, 0.29) is 12.3 Å². The van der Waals surface area contributed by atoms with Gasteiger partial charge in [-0.25, -0.2) is 9.59 Å².